The highest BCUT2D eigenvalue weighted by Gasteiger charge is 2.42. The van der Waals surface area contributed by atoms with E-state index in [9.17, 15) is 0 Å². The lowest BCUT2D eigenvalue weighted by Gasteiger charge is -2.25. The van der Waals surface area contributed by atoms with Gasteiger partial charge in [-0.15, -0.1) is 0 Å². The molecule has 1 aliphatic carbocycles. The minimum atomic E-state index is 0.904. The second-order valence-electron chi connectivity index (χ2n) is 6.85. The summed E-state index contributed by atoms with van der Waals surface area (Å²) >= 11 is 0. The van der Waals surface area contributed by atoms with Crippen LogP contribution in [0.1, 0.15) is 73.6 Å². The number of rotatable bonds is 8. The van der Waals surface area contributed by atoms with Crippen molar-refractivity contribution in [2.75, 3.05) is 0 Å². The molecule has 0 aromatic heterocycles. The molecule has 0 bridgehead atoms. The molecule has 0 nitrogen and oxygen atoms in total. The van der Waals surface area contributed by atoms with E-state index in [0.29, 0.717) is 0 Å². The fraction of sp³-hybridized carbons (Fsp3) is 1.00. The number of hydrogen-bond acceptors (Lipinski definition) is 0. The van der Waals surface area contributed by atoms with Gasteiger partial charge in [0.2, 0.25) is 0 Å². The Bertz CT molecular complexity index is 208. The van der Waals surface area contributed by atoms with Crippen molar-refractivity contribution in [3.63, 3.8) is 0 Å². The smallest absolute Gasteiger partial charge is 0.0355 e. The Morgan fingerprint density at radius 3 is 2.18 bits per heavy atom. The Hall–Kier alpha value is 0. The van der Waals surface area contributed by atoms with E-state index in [2.05, 4.69) is 41.5 Å². The molecular formula is C17H34. The van der Waals surface area contributed by atoms with Gasteiger partial charge in [-0.1, -0.05) is 60.8 Å². The van der Waals surface area contributed by atoms with Crippen molar-refractivity contribution >= 4 is 0 Å². The van der Waals surface area contributed by atoms with Gasteiger partial charge in [-0.3, -0.25) is 0 Å². The first-order chi connectivity index (χ1) is 8.01. The summed E-state index contributed by atoms with van der Waals surface area (Å²) in [7, 11) is 0. The lowest BCUT2D eigenvalue weighted by molar-refractivity contribution is 0.238. The summed E-state index contributed by atoms with van der Waals surface area (Å²) in [6.45, 7) is 14.5. The molecule has 6 atom stereocenters. The van der Waals surface area contributed by atoms with Gasteiger partial charge in [-0.05, 0) is 48.3 Å². The molecular weight excluding hydrogens is 204 g/mol. The van der Waals surface area contributed by atoms with Gasteiger partial charge in [-0.2, -0.15) is 0 Å². The van der Waals surface area contributed by atoms with Crippen LogP contribution in [-0.2, 0) is 0 Å². The van der Waals surface area contributed by atoms with Gasteiger partial charge in [0.15, 0.2) is 0 Å². The Kier molecular flexibility index (Phi) is 6.03. The van der Waals surface area contributed by atoms with E-state index in [1.54, 1.807) is 0 Å². The van der Waals surface area contributed by atoms with Crippen LogP contribution < -0.4 is 0 Å². The van der Waals surface area contributed by atoms with E-state index in [0.717, 1.165) is 35.5 Å². The first-order valence-electron chi connectivity index (χ1n) is 8.01. The van der Waals surface area contributed by atoms with Crippen LogP contribution in [0.25, 0.3) is 0 Å². The van der Waals surface area contributed by atoms with Crippen molar-refractivity contribution in [1.82, 2.24) is 0 Å². The maximum absolute atomic E-state index is 2.50. The first-order valence-corrected chi connectivity index (χ1v) is 8.01. The second-order valence-corrected chi connectivity index (χ2v) is 6.85. The molecule has 1 saturated carbocycles. The minimum Gasteiger partial charge on any atom is -0.0651 e. The molecule has 0 aliphatic heterocycles. The molecule has 6 unspecified atom stereocenters. The largest absolute Gasteiger partial charge is 0.0651 e. The van der Waals surface area contributed by atoms with E-state index < -0.39 is 0 Å². The Morgan fingerprint density at radius 1 is 1.00 bits per heavy atom. The maximum atomic E-state index is 2.50. The molecule has 0 spiro atoms. The van der Waals surface area contributed by atoms with E-state index in [1.807, 2.05) is 0 Å². The fourth-order valence-electron chi connectivity index (χ4n) is 3.23. The lowest BCUT2D eigenvalue weighted by Crippen LogP contribution is -2.18. The van der Waals surface area contributed by atoms with Gasteiger partial charge in [0, 0.05) is 0 Å². The topological polar surface area (TPSA) is 0 Å². The third-order valence-electron chi connectivity index (χ3n) is 5.75. The molecule has 0 saturated heterocycles. The zero-order valence-corrected chi connectivity index (χ0v) is 13.0. The SMILES string of the molecule is CCC(C)CCC1CC1C(C)C(C)C(C)CC. The van der Waals surface area contributed by atoms with E-state index in [1.165, 1.54) is 32.1 Å². The van der Waals surface area contributed by atoms with Crippen molar-refractivity contribution in [3.8, 4) is 0 Å². The molecule has 1 aliphatic rings. The van der Waals surface area contributed by atoms with Crippen LogP contribution in [0.4, 0.5) is 0 Å². The second kappa shape index (κ2) is 6.81. The average molecular weight is 238 g/mol. The normalized spacial score (nSPS) is 30.7. The zero-order valence-electron chi connectivity index (χ0n) is 13.0. The third-order valence-corrected chi connectivity index (χ3v) is 5.75. The van der Waals surface area contributed by atoms with Gasteiger partial charge in [-0.25, -0.2) is 0 Å². The Morgan fingerprint density at radius 2 is 1.65 bits per heavy atom. The Balaban J connectivity index is 2.25. The van der Waals surface area contributed by atoms with Crippen LogP contribution in [-0.4, -0.2) is 0 Å². The first kappa shape index (κ1) is 15.1. The summed E-state index contributed by atoms with van der Waals surface area (Å²) < 4.78 is 0. The van der Waals surface area contributed by atoms with Crippen molar-refractivity contribution in [2.24, 2.45) is 35.5 Å². The van der Waals surface area contributed by atoms with Crippen molar-refractivity contribution in [3.05, 3.63) is 0 Å². The molecule has 0 aromatic carbocycles. The molecule has 17 heavy (non-hydrogen) atoms. The summed E-state index contributed by atoms with van der Waals surface area (Å²) in [6, 6.07) is 0. The monoisotopic (exact) mass is 238 g/mol. The standard InChI is InChI=1S/C17H34/c1-7-12(3)9-10-16-11-17(16)15(6)14(5)13(4)8-2/h12-17H,7-11H2,1-6H3. The number of hydrogen-bond donors (Lipinski definition) is 0. The van der Waals surface area contributed by atoms with Crippen LogP contribution in [0, 0.1) is 35.5 Å². The van der Waals surface area contributed by atoms with Gasteiger partial charge in [0.25, 0.3) is 0 Å². The molecule has 1 fully saturated rings. The molecule has 0 N–H and O–H groups in total. The third kappa shape index (κ3) is 4.30. The molecule has 0 aromatic rings. The molecule has 102 valence electrons. The van der Waals surface area contributed by atoms with Crippen LogP contribution >= 0.6 is 0 Å². The van der Waals surface area contributed by atoms with E-state index in [4.69, 9.17) is 0 Å². The zero-order chi connectivity index (χ0) is 13.0. The highest BCUT2D eigenvalue weighted by molar-refractivity contribution is 4.92. The summed E-state index contributed by atoms with van der Waals surface area (Å²) in [5.74, 6) is 5.85. The van der Waals surface area contributed by atoms with Gasteiger partial charge in [0.05, 0.1) is 0 Å². The average Bonchev–Trinajstić information content (AvgIpc) is 3.12. The lowest BCUT2D eigenvalue weighted by atomic mass is 9.80. The molecule has 0 amide bonds. The summed E-state index contributed by atoms with van der Waals surface area (Å²) in [6.07, 6.45) is 7.18. The van der Waals surface area contributed by atoms with Crippen molar-refractivity contribution in [2.45, 2.75) is 73.6 Å². The van der Waals surface area contributed by atoms with Gasteiger partial charge < -0.3 is 0 Å². The van der Waals surface area contributed by atoms with Crippen LogP contribution in [0.3, 0.4) is 0 Å². The van der Waals surface area contributed by atoms with E-state index in [-0.39, 0.29) is 0 Å². The summed E-state index contributed by atoms with van der Waals surface area (Å²) in [5.41, 5.74) is 0. The van der Waals surface area contributed by atoms with Crippen molar-refractivity contribution < 1.29 is 0 Å². The van der Waals surface area contributed by atoms with Crippen LogP contribution in [0.15, 0.2) is 0 Å². The Labute approximate surface area is 110 Å². The predicted octanol–water partition coefficient (Wildman–Crippen LogP) is 5.77. The van der Waals surface area contributed by atoms with Crippen LogP contribution in [0.5, 0.6) is 0 Å². The van der Waals surface area contributed by atoms with Crippen molar-refractivity contribution in [1.29, 1.82) is 0 Å². The minimum absolute atomic E-state index is 0.904. The molecule has 0 heterocycles. The van der Waals surface area contributed by atoms with Gasteiger partial charge >= 0.3 is 0 Å². The summed E-state index contributed by atoms with van der Waals surface area (Å²) in [4.78, 5) is 0. The predicted molar refractivity (Wildman–Crippen MR) is 78.1 cm³/mol. The highest BCUT2D eigenvalue weighted by Crippen LogP contribution is 2.51. The maximum Gasteiger partial charge on any atom is -0.0355 e. The van der Waals surface area contributed by atoms with Crippen LogP contribution in [0.2, 0.25) is 0 Å². The van der Waals surface area contributed by atoms with E-state index >= 15 is 0 Å². The fourth-order valence-corrected chi connectivity index (χ4v) is 3.23. The highest BCUT2D eigenvalue weighted by atomic mass is 14.5. The van der Waals surface area contributed by atoms with Gasteiger partial charge in [0.1, 0.15) is 0 Å². The molecule has 1 rings (SSSR count). The molecule has 0 heteroatoms. The summed E-state index contributed by atoms with van der Waals surface area (Å²) in [5, 5.41) is 0. The quantitative estimate of drug-likeness (QED) is 0.504. The molecule has 0 radical (unpaired) electrons.